The van der Waals surface area contributed by atoms with E-state index in [-0.39, 0.29) is 11.3 Å². The molecule has 0 unspecified atom stereocenters. The second-order valence-corrected chi connectivity index (χ2v) is 6.01. The lowest BCUT2D eigenvalue weighted by atomic mass is 10.1. The lowest BCUT2D eigenvalue weighted by Gasteiger charge is -2.20. The molecule has 140 valence electrons. The van der Waals surface area contributed by atoms with Crippen molar-refractivity contribution in [3.8, 4) is 0 Å². The van der Waals surface area contributed by atoms with Crippen LogP contribution >= 0.6 is 0 Å². The molecule has 0 heterocycles. The highest BCUT2D eigenvalue weighted by atomic mass is 16.6. The number of anilines is 1. The lowest BCUT2D eigenvalue weighted by Crippen LogP contribution is -2.36. The van der Waals surface area contributed by atoms with Gasteiger partial charge in [-0.3, -0.25) is 10.1 Å². The van der Waals surface area contributed by atoms with Gasteiger partial charge < -0.3 is 19.9 Å². The highest BCUT2D eigenvalue weighted by Gasteiger charge is 2.22. The minimum absolute atomic E-state index is 0.0651. The number of esters is 1. The Hall–Kier alpha value is -3.36. The molecule has 0 aliphatic carbocycles. The quantitative estimate of drug-likeness (QED) is 0.537. The molecule has 0 atom stereocenters. The van der Waals surface area contributed by atoms with Gasteiger partial charge in [0.05, 0.1) is 24.4 Å². The van der Waals surface area contributed by atoms with E-state index in [1.807, 2.05) is 0 Å². The number of carboxylic acid groups (broad SMARTS) is 1. The van der Waals surface area contributed by atoms with Gasteiger partial charge in [-0.2, -0.15) is 0 Å². The SMILES string of the molecule is COC(=O)c1ccccc1NC(=O)/C(=C/C(=O)O)NC(=O)OC(C)(C)C. The molecule has 0 aromatic heterocycles. The maximum absolute atomic E-state index is 12.3. The van der Waals surface area contributed by atoms with Crippen LogP contribution in [0, 0.1) is 0 Å². The van der Waals surface area contributed by atoms with Gasteiger partial charge in [-0.1, -0.05) is 12.1 Å². The number of aliphatic carboxylic acids is 1. The summed E-state index contributed by atoms with van der Waals surface area (Å²) < 4.78 is 9.61. The summed E-state index contributed by atoms with van der Waals surface area (Å²) in [6.45, 7) is 4.83. The van der Waals surface area contributed by atoms with Gasteiger partial charge in [-0.15, -0.1) is 0 Å². The van der Waals surface area contributed by atoms with Gasteiger partial charge in [0.15, 0.2) is 0 Å². The summed E-state index contributed by atoms with van der Waals surface area (Å²) >= 11 is 0. The first kappa shape index (κ1) is 20.7. The molecule has 0 aliphatic heterocycles. The van der Waals surface area contributed by atoms with Crippen LogP contribution in [0.5, 0.6) is 0 Å². The molecule has 0 saturated heterocycles. The summed E-state index contributed by atoms with van der Waals surface area (Å²) in [5.41, 5.74) is -1.25. The Kier molecular flexibility index (Phi) is 6.88. The van der Waals surface area contributed by atoms with Gasteiger partial charge in [-0.05, 0) is 32.9 Å². The van der Waals surface area contributed by atoms with E-state index in [1.165, 1.54) is 19.2 Å². The van der Waals surface area contributed by atoms with Crippen molar-refractivity contribution in [2.45, 2.75) is 26.4 Å². The Labute approximate surface area is 150 Å². The topological polar surface area (TPSA) is 131 Å². The number of benzene rings is 1. The van der Waals surface area contributed by atoms with Gasteiger partial charge in [0.25, 0.3) is 5.91 Å². The fourth-order valence-electron chi connectivity index (χ4n) is 1.77. The number of carbonyl (C=O) groups is 4. The zero-order chi connectivity index (χ0) is 19.9. The smallest absolute Gasteiger partial charge is 0.412 e. The van der Waals surface area contributed by atoms with Gasteiger partial charge in [0.2, 0.25) is 0 Å². The van der Waals surface area contributed by atoms with Crippen molar-refractivity contribution in [1.29, 1.82) is 0 Å². The third kappa shape index (κ3) is 6.63. The number of hydrogen-bond acceptors (Lipinski definition) is 6. The van der Waals surface area contributed by atoms with Crippen LogP contribution in [-0.4, -0.2) is 41.8 Å². The number of alkyl carbamates (subject to hydrolysis) is 1. The zero-order valence-corrected chi connectivity index (χ0v) is 14.8. The molecule has 9 heteroatoms. The molecule has 0 spiro atoms. The summed E-state index contributed by atoms with van der Waals surface area (Å²) in [6, 6.07) is 5.97. The van der Waals surface area contributed by atoms with Crippen LogP contribution < -0.4 is 10.6 Å². The predicted molar refractivity (Wildman–Crippen MR) is 91.5 cm³/mol. The van der Waals surface area contributed by atoms with Crippen LogP contribution in [0.1, 0.15) is 31.1 Å². The van der Waals surface area contributed by atoms with Crippen LogP contribution in [0.4, 0.5) is 10.5 Å². The van der Waals surface area contributed by atoms with Gasteiger partial charge >= 0.3 is 18.0 Å². The highest BCUT2D eigenvalue weighted by Crippen LogP contribution is 2.17. The van der Waals surface area contributed by atoms with Crippen molar-refractivity contribution in [1.82, 2.24) is 5.32 Å². The molecule has 0 bridgehead atoms. The average molecular weight is 364 g/mol. The third-order valence-electron chi connectivity index (χ3n) is 2.73. The molecule has 0 saturated carbocycles. The molecule has 1 rings (SSSR count). The van der Waals surface area contributed by atoms with Crippen LogP contribution in [0.25, 0.3) is 0 Å². The van der Waals surface area contributed by atoms with E-state index in [9.17, 15) is 19.2 Å². The molecule has 1 aromatic rings. The number of carbonyl (C=O) groups excluding carboxylic acids is 3. The first-order valence-corrected chi connectivity index (χ1v) is 7.47. The summed E-state index contributed by atoms with van der Waals surface area (Å²) in [5, 5.41) is 13.3. The van der Waals surface area contributed by atoms with E-state index in [2.05, 4.69) is 15.4 Å². The molecular formula is C17H20N2O7. The van der Waals surface area contributed by atoms with Gasteiger partial charge in [0.1, 0.15) is 11.3 Å². The summed E-state index contributed by atoms with van der Waals surface area (Å²) in [5.74, 6) is -3.09. The number of para-hydroxylation sites is 1. The van der Waals surface area contributed by atoms with Crippen molar-refractivity contribution < 1.29 is 33.8 Å². The van der Waals surface area contributed by atoms with Crippen LogP contribution in [-0.2, 0) is 19.1 Å². The van der Waals surface area contributed by atoms with Crippen LogP contribution in [0.3, 0.4) is 0 Å². The molecule has 9 nitrogen and oxygen atoms in total. The van der Waals surface area contributed by atoms with E-state index in [1.54, 1.807) is 32.9 Å². The standard InChI is InChI=1S/C17H20N2O7/c1-17(2,3)26-16(24)19-12(9-13(20)21)14(22)18-11-8-6-5-7-10(11)15(23)25-4/h5-9H,1-4H3,(H,18,22)(H,19,24)(H,20,21)/b12-9-. The van der Waals surface area contributed by atoms with Gasteiger partial charge in [-0.25, -0.2) is 14.4 Å². The fourth-order valence-corrected chi connectivity index (χ4v) is 1.77. The Morgan fingerprint density at radius 2 is 1.73 bits per heavy atom. The number of ether oxygens (including phenoxy) is 2. The maximum atomic E-state index is 12.3. The number of rotatable bonds is 5. The van der Waals surface area contributed by atoms with Crippen molar-refractivity contribution in [3.63, 3.8) is 0 Å². The lowest BCUT2D eigenvalue weighted by molar-refractivity contribution is -0.131. The largest absolute Gasteiger partial charge is 0.478 e. The number of hydrogen-bond donors (Lipinski definition) is 3. The first-order chi connectivity index (χ1) is 12.0. The number of methoxy groups -OCH3 is 1. The second kappa shape index (κ2) is 8.65. The maximum Gasteiger partial charge on any atom is 0.412 e. The Bertz CT molecular complexity index is 748. The predicted octanol–water partition coefficient (Wildman–Crippen LogP) is 1.90. The monoisotopic (exact) mass is 364 g/mol. The average Bonchev–Trinajstić information content (AvgIpc) is 2.51. The normalized spacial score (nSPS) is 11.3. The third-order valence-corrected chi connectivity index (χ3v) is 2.73. The highest BCUT2D eigenvalue weighted by molar-refractivity contribution is 6.10. The zero-order valence-electron chi connectivity index (χ0n) is 14.8. The minimum atomic E-state index is -1.45. The van der Waals surface area contributed by atoms with Crippen molar-refractivity contribution in [3.05, 3.63) is 41.6 Å². The number of amides is 2. The molecule has 26 heavy (non-hydrogen) atoms. The van der Waals surface area contributed by atoms with Crippen LogP contribution in [0.15, 0.2) is 36.0 Å². The Balaban J connectivity index is 3.04. The van der Waals surface area contributed by atoms with E-state index < -0.39 is 35.2 Å². The number of carboxylic acids is 1. The Morgan fingerprint density at radius 1 is 1.12 bits per heavy atom. The van der Waals surface area contributed by atoms with Crippen molar-refractivity contribution in [2.75, 3.05) is 12.4 Å². The fraction of sp³-hybridized carbons (Fsp3) is 0.294. The minimum Gasteiger partial charge on any atom is -0.478 e. The van der Waals surface area contributed by atoms with Crippen LogP contribution in [0.2, 0.25) is 0 Å². The summed E-state index contributed by atoms with van der Waals surface area (Å²) in [7, 11) is 1.18. The van der Waals surface area contributed by atoms with Crippen molar-refractivity contribution in [2.24, 2.45) is 0 Å². The second-order valence-electron chi connectivity index (χ2n) is 6.01. The molecule has 0 fully saturated rings. The van der Waals surface area contributed by atoms with E-state index >= 15 is 0 Å². The van der Waals surface area contributed by atoms with E-state index in [0.29, 0.717) is 6.08 Å². The van der Waals surface area contributed by atoms with Gasteiger partial charge in [0, 0.05) is 0 Å². The van der Waals surface area contributed by atoms with Crippen molar-refractivity contribution >= 4 is 29.6 Å². The molecule has 1 aromatic carbocycles. The molecule has 0 radical (unpaired) electrons. The molecule has 2 amide bonds. The summed E-state index contributed by atoms with van der Waals surface area (Å²) in [4.78, 5) is 46.8. The number of nitrogens with one attached hydrogen (secondary N) is 2. The molecule has 3 N–H and O–H groups in total. The Morgan fingerprint density at radius 3 is 2.27 bits per heavy atom. The molecular weight excluding hydrogens is 344 g/mol. The van der Waals surface area contributed by atoms with E-state index in [4.69, 9.17) is 9.84 Å². The first-order valence-electron chi connectivity index (χ1n) is 7.47. The van der Waals surface area contributed by atoms with E-state index in [0.717, 1.165) is 0 Å². The molecule has 0 aliphatic rings. The summed E-state index contributed by atoms with van der Waals surface area (Å²) in [6.07, 6.45) is -0.485.